The summed E-state index contributed by atoms with van der Waals surface area (Å²) in [6.07, 6.45) is 42.3. The number of allylic oxidation sites excluding steroid dienone is 4. The number of carboxylic acids is 2. The summed E-state index contributed by atoms with van der Waals surface area (Å²) in [4.78, 5) is 47.0. The van der Waals surface area contributed by atoms with Crippen molar-refractivity contribution in [1.29, 1.82) is 0 Å². The highest BCUT2D eigenvalue weighted by Crippen LogP contribution is 2.12. The zero-order chi connectivity index (χ0) is 37.5. The van der Waals surface area contributed by atoms with Gasteiger partial charge in [-0.05, 0) is 64.2 Å². The number of carbonyl (C=O) groups excluding carboxylic acids is 2. The number of hydrogen-bond donors (Lipinski definition) is 2. The fourth-order valence-electron chi connectivity index (χ4n) is 5.66. The second-order valence-electron chi connectivity index (χ2n) is 14.0. The molecule has 0 aliphatic carbocycles. The molecule has 8 heteroatoms. The second kappa shape index (κ2) is 39.2. The van der Waals surface area contributed by atoms with Gasteiger partial charge in [-0.1, -0.05) is 141 Å². The van der Waals surface area contributed by atoms with Gasteiger partial charge in [0.05, 0.1) is 0 Å². The first-order chi connectivity index (χ1) is 24.1. The molecule has 0 aromatic carbocycles. The number of carboxylic acid groups (broad SMARTS) is 2. The molecule has 0 aromatic rings. The number of nitrogens with zero attached hydrogens (tertiary/aromatic N) is 2. The lowest BCUT2D eigenvalue weighted by molar-refractivity contribution is -0.143. The maximum atomic E-state index is 11.7. The van der Waals surface area contributed by atoms with E-state index < -0.39 is 11.9 Å². The number of hydrogen-bond acceptors (Lipinski definition) is 4. The monoisotopic (exact) mass is 707 g/mol. The lowest BCUT2D eigenvalue weighted by Gasteiger charge is -2.14. The van der Waals surface area contributed by atoms with Crippen LogP contribution in [0.1, 0.15) is 194 Å². The smallest absolute Gasteiger partial charge is 0.323 e. The summed E-state index contributed by atoms with van der Waals surface area (Å²) in [6, 6.07) is 0. The van der Waals surface area contributed by atoms with E-state index in [1.54, 1.807) is 14.1 Å². The molecule has 50 heavy (non-hydrogen) atoms. The molecule has 0 saturated heterocycles. The summed E-state index contributed by atoms with van der Waals surface area (Å²) < 4.78 is 0. The number of unbranched alkanes of at least 4 members (excludes halogenated alkanes) is 22. The van der Waals surface area contributed by atoms with Gasteiger partial charge in [-0.2, -0.15) is 0 Å². The Morgan fingerprint density at radius 3 is 0.900 bits per heavy atom. The summed E-state index contributed by atoms with van der Waals surface area (Å²) in [7, 11) is 3.10. The van der Waals surface area contributed by atoms with Crippen LogP contribution in [0.5, 0.6) is 0 Å². The van der Waals surface area contributed by atoms with Crippen LogP contribution < -0.4 is 0 Å². The Morgan fingerprint density at radius 2 is 0.640 bits per heavy atom. The molecular weight excluding hydrogens is 628 g/mol. The molecule has 0 atom stereocenters. The SMILES string of the molecule is CCCCCCCC/C=C\CCCCCCCC(=O)N(C)CC(=O)O.CCCCCCCC/C=C\CCCCCCCC(=O)N(C)CC(=O)O. The first kappa shape index (κ1) is 49.5. The van der Waals surface area contributed by atoms with Crippen LogP contribution in [0.3, 0.4) is 0 Å². The standard InChI is InChI=1S/2C21H39NO3/c2*1-3-4-5-6-7-8-9-10-11-12-13-14-15-16-17-18-20(23)22(2)19-21(24)25/h2*10-11H,3-9,12-19H2,1-2H3,(H,24,25)/b2*11-10-. The summed E-state index contributed by atoms with van der Waals surface area (Å²) >= 11 is 0. The van der Waals surface area contributed by atoms with Gasteiger partial charge in [-0.25, -0.2) is 0 Å². The minimum atomic E-state index is -0.958. The normalized spacial score (nSPS) is 11.1. The van der Waals surface area contributed by atoms with E-state index in [1.165, 1.54) is 125 Å². The minimum absolute atomic E-state index is 0.0694. The van der Waals surface area contributed by atoms with Crippen molar-refractivity contribution in [3.8, 4) is 0 Å². The van der Waals surface area contributed by atoms with Gasteiger partial charge < -0.3 is 20.0 Å². The largest absolute Gasteiger partial charge is 0.480 e. The van der Waals surface area contributed by atoms with Gasteiger partial charge in [0.2, 0.25) is 11.8 Å². The molecule has 0 saturated carbocycles. The number of rotatable bonds is 34. The van der Waals surface area contributed by atoms with E-state index in [0.717, 1.165) is 51.4 Å². The van der Waals surface area contributed by atoms with Crippen molar-refractivity contribution >= 4 is 23.8 Å². The first-order valence-electron chi connectivity index (χ1n) is 20.4. The molecule has 0 spiro atoms. The van der Waals surface area contributed by atoms with Crippen LogP contribution >= 0.6 is 0 Å². The number of aliphatic carboxylic acids is 2. The van der Waals surface area contributed by atoms with Crippen LogP contribution in [-0.2, 0) is 19.2 Å². The second-order valence-corrected chi connectivity index (χ2v) is 14.0. The number of carbonyl (C=O) groups is 4. The Morgan fingerprint density at radius 1 is 0.400 bits per heavy atom. The minimum Gasteiger partial charge on any atom is -0.480 e. The molecular formula is C42H78N2O6. The topological polar surface area (TPSA) is 115 Å². The first-order valence-corrected chi connectivity index (χ1v) is 20.4. The van der Waals surface area contributed by atoms with Crippen molar-refractivity contribution in [1.82, 2.24) is 9.80 Å². The van der Waals surface area contributed by atoms with Gasteiger partial charge in [-0.3, -0.25) is 19.2 Å². The zero-order valence-corrected chi connectivity index (χ0v) is 32.9. The van der Waals surface area contributed by atoms with E-state index in [-0.39, 0.29) is 24.9 Å². The Kier molecular flexibility index (Phi) is 38.7. The highest BCUT2D eigenvalue weighted by atomic mass is 16.4. The molecule has 0 radical (unpaired) electrons. The molecule has 0 rings (SSSR count). The van der Waals surface area contributed by atoms with E-state index in [4.69, 9.17) is 10.2 Å². The molecule has 2 N–H and O–H groups in total. The van der Waals surface area contributed by atoms with Crippen LogP contribution in [0.15, 0.2) is 24.3 Å². The van der Waals surface area contributed by atoms with Gasteiger partial charge in [-0.15, -0.1) is 0 Å². The molecule has 0 fully saturated rings. The average Bonchev–Trinajstić information content (AvgIpc) is 3.07. The maximum Gasteiger partial charge on any atom is 0.323 e. The van der Waals surface area contributed by atoms with Crippen LogP contribution in [0.2, 0.25) is 0 Å². The highest BCUT2D eigenvalue weighted by Gasteiger charge is 2.12. The van der Waals surface area contributed by atoms with Crippen molar-refractivity contribution in [2.24, 2.45) is 0 Å². The highest BCUT2D eigenvalue weighted by molar-refractivity contribution is 5.81. The number of amides is 2. The lowest BCUT2D eigenvalue weighted by atomic mass is 10.1. The van der Waals surface area contributed by atoms with Gasteiger partial charge in [0.15, 0.2) is 0 Å². The number of likely N-dealkylation sites (N-methyl/N-ethyl adjacent to an activating group) is 2. The van der Waals surface area contributed by atoms with E-state index >= 15 is 0 Å². The molecule has 0 aliphatic rings. The Labute approximate surface area is 307 Å². The molecule has 8 nitrogen and oxygen atoms in total. The average molecular weight is 707 g/mol. The van der Waals surface area contributed by atoms with E-state index in [9.17, 15) is 19.2 Å². The van der Waals surface area contributed by atoms with E-state index in [2.05, 4.69) is 38.2 Å². The Balaban J connectivity index is 0. The summed E-state index contributed by atoms with van der Waals surface area (Å²) in [5.74, 6) is -2.05. The Hall–Kier alpha value is -2.64. The van der Waals surface area contributed by atoms with Crippen molar-refractivity contribution < 1.29 is 29.4 Å². The third-order valence-corrected chi connectivity index (χ3v) is 8.90. The van der Waals surface area contributed by atoms with Crippen LogP contribution in [0, 0.1) is 0 Å². The van der Waals surface area contributed by atoms with Crippen molar-refractivity contribution in [2.75, 3.05) is 27.2 Å². The lowest BCUT2D eigenvalue weighted by Crippen LogP contribution is -2.31. The van der Waals surface area contributed by atoms with Crippen molar-refractivity contribution in [3.63, 3.8) is 0 Å². The van der Waals surface area contributed by atoms with Gasteiger partial charge in [0, 0.05) is 26.9 Å². The van der Waals surface area contributed by atoms with Crippen molar-refractivity contribution in [2.45, 2.75) is 194 Å². The van der Waals surface area contributed by atoms with Crippen LogP contribution in [0.4, 0.5) is 0 Å². The predicted octanol–water partition coefficient (Wildman–Crippen LogP) is 11.1. The summed E-state index contributed by atoms with van der Waals surface area (Å²) in [6.45, 7) is 4.10. The fourth-order valence-corrected chi connectivity index (χ4v) is 5.66. The summed E-state index contributed by atoms with van der Waals surface area (Å²) in [5, 5.41) is 17.3. The van der Waals surface area contributed by atoms with Crippen LogP contribution in [0.25, 0.3) is 0 Å². The molecule has 0 heterocycles. The summed E-state index contributed by atoms with van der Waals surface area (Å²) in [5.41, 5.74) is 0. The zero-order valence-electron chi connectivity index (χ0n) is 32.9. The molecule has 0 bridgehead atoms. The van der Waals surface area contributed by atoms with Gasteiger partial charge in [0.25, 0.3) is 0 Å². The molecule has 0 aromatic heterocycles. The third-order valence-electron chi connectivity index (χ3n) is 8.90. The van der Waals surface area contributed by atoms with Gasteiger partial charge >= 0.3 is 11.9 Å². The van der Waals surface area contributed by atoms with E-state index in [1.807, 2.05) is 0 Å². The predicted molar refractivity (Wildman–Crippen MR) is 209 cm³/mol. The Bertz CT molecular complexity index is 802. The molecule has 292 valence electrons. The van der Waals surface area contributed by atoms with E-state index in [0.29, 0.717) is 12.8 Å². The molecule has 0 aliphatic heterocycles. The van der Waals surface area contributed by atoms with Gasteiger partial charge in [0.1, 0.15) is 13.1 Å². The third kappa shape index (κ3) is 39.8. The van der Waals surface area contributed by atoms with Crippen molar-refractivity contribution in [3.05, 3.63) is 24.3 Å². The fraction of sp³-hybridized carbons (Fsp3) is 0.810. The van der Waals surface area contributed by atoms with Crippen LogP contribution in [-0.4, -0.2) is 71.0 Å². The molecule has 0 unspecified atom stereocenters. The quantitative estimate of drug-likeness (QED) is 0.0508. The maximum absolute atomic E-state index is 11.7. The molecule has 2 amide bonds.